The molecular weight excluding hydrogens is 218 g/mol. The van der Waals surface area contributed by atoms with E-state index in [4.69, 9.17) is 11.6 Å². The Morgan fingerprint density at radius 2 is 2.27 bits per heavy atom. The molecule has 0 aliphatic rings. The van der Waals surface area contributed by atoms with E-state index in [0.29, 0.717) is 5.69 Å². The molecular formula is C9H10ClN3O2. The number of carbonyl (C=O) groups is 2. The Morgan fingerprint density at radius 1 is 1.53 bits per heavy atom. The second-order valence-corrected chi connectivity index (χ2v) is 3.46. The quantitative estimate of drug-likeness (QED) is 0.750. The van der Waals surface area contributed by atoms with Crippen molar-refractivity contribution in [2.45, 2.75) is 12.3 Å². The van der Waals surface area contributed by atoms with Gasteiger partial charge in [0.05, 0.1) is 11.9 Å². The smallest absolute Gasteiger partial charge is 0.306 e. The van der Waals surface area contributed by atoms with Gasteiger partial charge in [-0.15, -0.1) is 11.6 Å². The minimum atomic E-state index is -0.746. The maximum atomic E-state index is 11.2. The minimum absolute atomic E-state index is 0.505. The molecule has 0 fully saturated rings. The number of carbonyl (C=O) groups excluding carboxylic acids is 2. The van der Waals surface area contributed by atoms with E-state index < -0.39 is 17.3 Å². The van der Waals surface area contributed by atoms with Crippen LogP contribution in [0.4, 0.5) is 10.5 Å². The van der Waals surface area contributed by atoms with Gasteiger partial charge in [-0.05, 0) is 19.1 Å². The van der Waals surface area contributed by atoms with Gasteiger partial charge in [-0.3, -0.25) is 15.1 Å². The number of hydrogen-bond acceptors (Lipinski definition) is 3. The van der Waals surface area contributed by atoms with E-state index in [2.05, 4.69) is 15.6 Å². The van der Waals surface area contributed by atoms with Crippen LogP contribution in [0.2, 0.25) is 0 Å². The summed E-state index contributed by atoms with van der Waals surface area (Å²) in [5.41, 5.74) is 0.505. The van der Waals surface area contributed by atoms with Crippen LogP contribution in [0, 0.1) is 0 Å². The normalized spacial score (nSPS) is 11.6. The maximum Gasteiger partial charge on any atom is 0.325 e. The Labute approximate surface area is 91.8 Å². The van der Waals surface area contributed by atoms with Gasteiger partial charge < -0.3 is 5.32 Å². The van der Waals surface area contributed by atoms with Gasteiger partial charge in [0.1, 0.15) is 5.38 Å². The highest BCUT2D eigenvalue weighted by molar-refractivity contribution is 6.31. The van der Waals surface area contributed by atoms with E-state index in [1.54, 1.807) is 18.3 Å². The lowest BCUT2D eigenvalue weighted by molar-refractivity contribution is -0.119. The van der Waals surface area contributed by atoms with E-state index in [1.807, 2.05) is 0 Å². The minimum Gasteiger partial charge on any atom is -0.306 e. The highest BCUT2D eigenvalue weighted by atomic mass is 35.5. The van der Waals surface area contributed by atoms with E-state index in [9.17, 15) is 9.59 Å². The lowest BCUT2D eigenvalue weighted by atomic mass is 10.4. The Morgan fingerprint density at radius 3 is 2.80 bits per heavy atom. The van der Waals surface area contributed by atoms with Crippen LogP contribution in [-0.4, -0.2) is 22.3 Å². The zero-order valence-corrected chi connectivity index (χ0v) is 8.78. The van der Waals surface area contributed by atoms with Crippen molar-refractivity contribution in [1.82, 2.24) is 10.3 Å². The van der Waals surface area contributed by atoms with Crippen molar-refractivity contribution in [3.8, 4) is 0 Å². The van der Waals surface area contributed by atoms with Crippen LogP contribution in [0.1, 0.15) is 6.92 Å². The molecule has 0 aliphatic heterocycles. The van der Waals surface area contributed by atoms with Gasteiger partial charge in [-0.1, -0.05) is 0 Å². The predicted molar refractivity (Wildman–Crippen MR) is 56.7 cm³/mol. The molecule has 0 radical (unpaired) electrons. The van der Waals surface area contributed by atoms with Crippen LogP contribution >= 0.6 is 11.6 Å². The summed E-state index contributed by atoms with van der Waals surface area (Å²) in [6.45, 7) is 1.48. The molecule has 5 nitrogen and oxygen atoms in total. The maximum absolute atomic E-state index is 11.2. The molecule has 0 aromatic carbocycles. The topological polar surface area (TPSA) is 71.1 Å². The number of imide groups is 1. The molecule has 3 amide bonds. The second kappa shape index (κ2) is 5.31. The second-order valence-electron chi connectivity index (χ2n) is 2.80. The van der Waals surface area contributed by atoms with Gasteiger partial charge in [0.15, 0.2) is 0 Å². The van der Waals surface area contributed by atoms with Gasteiger partial charge in [0, 0.05) is 6.20 Å². The molecule has 0 saturated carbocycles. The summed E-state index contributed by atoms with van der Waals surface area (Å²) in [4.78, 5) is 26.0. The number of hydrogen-bond donors (Lipinski definition) is 2. The fourth-order valence-corrected chi connectivity index (χ4v) is 0.865. The number of nitrogens with zero attached hydrogens (tertiary/aromatic N) is 1. The third-order valence-corrected chi connectivity index (χ3v) is 1.72. The van der Waals surface area contributed by atoms with E-state index in [-0.39, 0.29) is 0 Å². The van der Waals surface area contributed by atoms with Crippen molar-refractivity contribution in [3.63, 3.8) is 0 Å². The molecule has 1 atom stereocenters. The molecule has 1 rings (SSSR count). The summed E-state index contributed by atoms with van der Waals surface area (Å²) in [7, 11) is 0. The third kappa shape index (κ3) is 3.95. The third-order valence-electron chi connectivity index (χ3n) is 1.52. The molecule has 1 aromatic heterocycles. The van der Waals surface area contributed by atoms with Crippen molar-refractivity contribution >= 4 is 29.2 Å². The number of rotatable bonds is 2. The van der Waals surface area contributed by atoms with E-state index in [1.165, 1.54) is 13.1 Å². The van der Waals surface area contributed by atoms with Crippen LogP contribution in [0.5, 0.6) is 0 Å². The van der Waals surface area contributed by atoms with Gasteiger partial charge in [0.2, 0.25) is 5.91 Å². The molecule has 0 spiro atoms. The lowest BCUT2D eigenvalue weighted by Gasteiger charge is -2.06. The van der Waals surface area contributed by atoms with Gasteiger partial charge in [-0.2, -0.15) is 0 Å². The molecule has 2 N–H and O–H groups in total. The highest BCUT2D eigenvalue weighted by Crippen LogP contribution is 2.02. The molecule has 0 saturated heterocycles. The first-order valence-corrected chi connectivity index (χ1v) is 4.69. The zero-order chi connectivity index (χ0) is 11.3. The first kappa shape index (κ1) is 11.5. The average molecular weight is 228 g/mol. The number of aromatic nitrogens is 1. The van der Waals surface area contributed by atoms with E-state index >= 15 is 0 Å². The highest BCUT2D eigenvalue weighted by Gasteiger charge is 2.12. The number of nitrogens with one attached hydrogen (secondary N) is 2. The van der Waals surface area contributed by atoms with Crippen LogP contribution in [0.25, 0.3) is 0 Å². The Kier molecular flexibility index (Phi) is 4.05. The molecule has 0 aliphatic carbocycles. The zero-order valence-electron chi connectivity index (χ0n) is 8.03. The number of anilines is 1. The summed E-state index contributed by atoms with van der Waals surface area (Å²) in [6, 6.07) is 2.70. The van der Waals surface area contributed by atoms with Gasteiger partial charge >= 0.3 is 6.03 Å². The number of pyridine rings is 1. The Hall–Kier alpha value is -1.62. The summed E-state index contributed by atoms with van der Waals surface area (Å²) in [5.74, 6) is -0.543. The number of amides is 3. The first-order chi connectivity index (χ1) is 7.09. The number of urea groups is 1. The SMILES string of the molecule is CC(Cl)C(=O)NC(=O)Nc1cccnc1. The molecule has 1 aromatic rings. The van der Waals surface area contributed by atoms with Crippen LogP contribution < -0.4 is 10.6 Å². The molecule has 15 heavy (non-hydrogen) atoms. The summed E-state index contributed by atoms with van der Waals surface area (Å²) < 4.78 is 0. The Bertz CT molecular complexity index is 354. The monoisotopic (exact) mass is 227 g/mol. The fourth-order valence-electron chi connectivity index (χ4n) is 0.810. The van der Waals surface area contributed by atoms with Crippen LogP contribution in [0.15, 0.2) is 24.5 Å². The molecule has 80 valence electrons. The summed E-state index contributed by atoms with van der Waals surface area (Å²) >= 11 is 5.47. The molecule has 6 heteroatoms. The largest absolute Gasteiger partial charge is 0.325 e. The van der Waals surface area contributed by atoms with E-state index in [0.717, 1.165) is 0 Å². The Balaban J connectivity index is 2.47. The van der Waals surface area contributed by atoms with Crippen molar-refractivity contribution < 1.29 is 9.59 Å². The number of alkyl halides is 1. The van der Waals surface area contributed by atoms with Crippen molar-refractivity contribution in [3.05, 3.63) is 24.5 Å². The van der Waals surface area contributed by atoms with Gasteiger partial charge in [-0.25, -0.2) is 4.79 Å². The molecule has 1 heterocycles. The van der Waals surface area contributed by atoms with Gasteiger partial charge in [0.25, 0.3) is 0 Å². The van der Waals surface area contributed by atoms with Crippen molar-refractivity contribution in [2.75, 3.05) is 5.32 Å². The molecule has 0 bridgehead atoms. The first-order valence-electron chi connectivity index (χ1n) is 4.25. The predicted octanol–water partition coefficient (Wildman–Crippen LogP) is 1.36. The van der Waals surface area contributed by atoms with Crippen molar-refractivity contribution in [2.24, 2.45) is 0 Å². The average Bonchev–Trinajstić information content (AvgIpc) is 2.18. The van der Waals surface area contributed by atoms with Crippen molar-refractivity contribution in [1.29, 1.82) is 0 Å². The summed E-state index contributed by atoms with van der Waals surface area (Å²) in [6.07, 6.45) is 3.04. The fraction of sp³-hybridized carbons (Fsp3) is 0.222. The number of halogens is 1. The standard InChI is InChI=1S/C9H10ClN3O2/c1-6(10)8(14)13-9(15)12-7-3-2-4-11-5-7/h2-6H,1H3,(H2,12,13,14,15). The summed E-state index contributed by atoms with van der Waals surface area (Å²) in [5, 5.41) is 3.77. The lowest BCUT2D eigenvalue weighted by Crippen LogP contribution is -2.38. The molecule has 1 unspecified atom stereocenters. The van der Waals surface area contributed by atoms with Crippen LogP contribution in [0.3, 0.4) is 0 Å². The van der Waals surface area contributed by atoms with Crippen LogP contribution in [-0.2, 0) is 4.79 Å².